The number of imide groups is 1. The molecule has 1 atom stereocenters. The Morgan fingerprint density at radius 1 is 1.17 bits per heavy atom. The predicted molar refractivity (Wildman–Crippen MR) is 132 cm³/mol. The Morgan fingerprint density at radius 3 is 2.74 bits per heavy atom. The van der Waals surface area contributed by atoms with Crippen LogP contribution in [-0.4, -0.2) is 39.7 Å². The van der Waals surface area contributed by atoms with Crippen LogP contribution in [0.15, 0.2) is 36.4 Å². The summed E-state index contributed by atoms with van der Waals surface area (Å²) in [5.41, 5.74) is 3.10. The van der Waals surface area contributed by atoms with Crippen molar-refractivity contribution < 1.29 is 19.2 Å². The minimum absolute atomic E-state index is 0.202. The fraction of sp³-hybridized carbons (Fsp3) is 0.320. The molecule has 5 amide bonds. The molecule has 0 saturated carbocycles. The Balaban J connectivity index is 1.27. The summed E-state index contributed by atoms with van der Waals surface area (Å²) in [6, 6.07) is 10.1. The first-order valence-electron chi connectivity index (χ1n) is 11.4. The summed E-state index contributed by atoms with van der Waals surface area (Å²) < 4.78 is 1.07. The highest BCUT2D eigenvalue weighted by Crippen LogP contribution is 2.32. The second-order valence-electron chi connectivity index (χ2n) is 9.47. The monoisotopic (exact) mass is 491 g/mol. The van der Waals surface area contributed by atoms with Crippen molar-refractivity contribution in [3.63, 3.8) is 0 Å². The smallest absolute Gasteiger partial charge is 0.319 e. The number of carbonyl (C=O) groups is 4. The van der Waals surface area contributed by atoms with E-state index in [4.69, 9.17) is 0 Å². The molecule has 35 heavy (non-hydrogen) atoms. The van der Waals surface area contributed by atoms with E-state index in [-0.39, 0.29) is 24.8 Å². The lowest BCUT2D eigenvalue weighted by atomic mass is 10.0. The second kappa shape index (κ2) is 8.46. The van der Waals surface area contributed by atoms with Gasteiger partial charge in [-0.1, -0.05) is 6.07 Å². The molecule has 3 heterocycles. The van der Waals surface area contributed by atoms with Gasteiger partial charge in [-0.3, -0.25) is 19.7 Å². The van der Waals surface area contributed by atoms with E-state index in [9.17, 15) is 19.2 Å². The van der Waals surface area contributed by atoms with Crippen molar-refractivity contribution in [3.8, 4) is 0 Å². The maximum atomic E-state index is 12.9. The van der Waals surface area contributed by atoms with E-state index in [1.807, 2.05) is 32.9 Å². The van der Waals surface area contributed by atoms with Gasteiger partial charge in [-0.25, -0.2) is 9.78 Å². The van der Waals surface area contributed by atoms with E-state index in [1.165, 1.54) is 4.90 Å². The second-order valence-corrected chi connectivity index (χ2v) is 10.5. The standard InChI is InChI=1S/C25H25N5O4S/c1-13-4-7-17-19(10-13)35-23(27-17)25(2,3)29-24(34)26-15-5-6-16-14(11-15)12-30(22(16)33)18-8-9-20(31)28-21(18)32/h4-7,10-11,18H,8-9,12H2,1-3H3,(H2,26,29,34)(H,28,31,32). The average molecular weight is 492 g/mol. The number of rotatable bonds is 4. The number of hydrogen-bond donors (Lipinski definition) is 3. The number of benzene rings is 2. The Bertz CT molecular complexity index is 1400. The number of urea groups is 1. The number of hydrogen-bond acceptors (Lipinski definition) is 6. The topological polar surface area (TPSA) is 120 Å². The lowest BCUT2D eigenvalue weighted by Crippen LogP contribution is -2.52. The van der Waals surface area contributed by atoms with E-state index in [0.29, 0.717) is 17.7 Å². The van der Waals surface area contributed by atoms with Crippen molar-refractivity contribution in [2.45, 2.75) is 51.7 Å². The fourth-order valence-electron chi connectivity index (χ4n) is 4.45. The summed E-state index contributed by atoms with van der Waals surface area (Å²) in [5, 5.41) is 8.91. The van der Waals surface area contributed by atoms with Gasteiger partial charge in [-0.15, -0.1) is 11.3 Å². The first kappa shape index (κ1) is 23.0. The number of anilines is 1. The van der Waals surface area contributed by atoms with Gasteiger partial charge in [0, 0.05) is 24.2 Å². The van der Waals surface area contributed by atoms with Gasteiger partial charge in [0.05, 0.1) is 15.8 Å². The fourth-order valence-corrected chi connectivity index (χ4v) is 5.57. The normalized spacial score (nSPS) is 18.0. The molecule has 9 nitrogen and oxygen atoms in total. The van der Waals surface area contributed by atoms with E-state index in [2.05, 4.69) is 27.0 Å². The van der Waals surface area contributed by atoms with Gasteiger partial charge in [-0.05, 0) is 68.7 Å². The number of nitrogens with zero attached hydrogens (tertiary/aromatic N) is 2. The number of piperidine rings is 1. The highest BCUT2D eigenvalue weighted by Gasteiger charge is 2.39. The number of carbonyl (C=O) groups excluding carboxylic acids is 4. The van der Waals surface area contributed by atoms with Crippen LogP contribution in [0.2, 0.25) is 0 Å². The SMILES string of the molecule is Cc1ccc2nc(C(C)(C)NC(=O)Nc3ccc4c(c3)CN(C3CCC(=O)NC3=O)C4=O)sc2c1. The number of aryl methyl sites for hydroxylation is 1. The first-order valence-corrected chi connectivity index (χ1v) is 12.2. The van der Waals surface area contributed by atoms with Crippen molar-refractivity contribution in [2.75, 3.05) is 5.32 Å². The lowest BCUT2D eigenvalue weighted by Gasteiger charge is -2.29. The van der Waals surface area contributed by atoms with E-state index < -0.39 is 23.5 Å². The minimum Gasteiger partial charge on any atom is -0.326 e. The van der Waals surface area contributed by atoms with Crippen molar-refractivity contribution >= 4 is 51.0 Å². The molecule has 0 bridgehead atoms. The lowest BCUT2D eigenvalue weighted by molar-refractivity contribution is -0.136. The Kier molecular flexibility index (Phi) is 5.55. The molecule has 5 rings (SSSR count). The first-order chi connectivity index (χ1) is 16.6. The zero-order valence-corrected chi connectivity index (χ0v) is 20.4. The number of nitrogens with one attached hydrogen (secondary N) is 3. The molecule has 1 aromatic heterocycles. The van der Waals surface area contributed by atoms with Gasteiger partial charge in [0.2, 0.25) is 11.8 Å². The van der Waals surface area contributed by atoms with E-state index in [0.717, 1.165) is 26.4 Å². The molecule has 2 aliphatic heterocycles. The van der Waals surface area contributed by atoms with Crippen LogP contribution in [0.25, 0.3) is 10.2 Å². The Hall–Kier alpha value is -3.79. The van der Waals surface area contributed by atoms with Gasteiger partial charge < -0.3 is 15.5 Å². The molecular formula is C25H25N5O4S. The maximum absolute atomic E-state index is 12.9. The van der Waals surface area contributed by atoms with Crippen molar-refractivity contribution in [1.82, 2.24) is 20.5 Å². The quantitative estimate of drug-likeness (QED) is 0.483. The molecule has 3 N–H and O–H groups in total. The molecule has 180 valence electrons. The van der Waals surface area contributed by atoms with Gasteiger partial charge in [0.25, 0.3) is 5.91 Å². The number of aromatic nitrogens is 1. The van der Waals surface area contributed by atoms with Crippen LogP contribution in [0.4, 0.5) is 10.5 Å². The van der Waals surface area contributed by atoms with Crippen LogP contribution >= 0.6 is 11.3 Å². The van der Waals surface area contributed by atoms with Crippen molar-refractivity contribution in [3.05, 3.63) is 58.1 Å². The number of thiazole rings is 1. The molecule has 2 aliphatic rings. The van der Waals surface area contributed by atoms with Gasteiger partial charge in [-0.2, -0.15) is 0 Å². The molecule has 1 saturated heterocycles. The average Bonchev–Trinajstić information content (AvgIpc) is 3.34. The molecule has 0 aliphatic carbocycles. The molecule has 3 aromatic rings. The predicted octanol–water partition coefficient (Wildman–Crippen LogP) is 3.42. The third-order valence-corrected chi connectivity index (χ3v) is 7.63. The van der Waals surface area contributed by atoms with Crippen LogP contribution in [0.3, 0.4) is 0 Å². The minimum atomic E-state index is -0.697. The summed E-state index contributed by atoms with van der Waals surface area (Å²) in [4.78, 5) is 55.5. The summed E-state index contributed by atoms with van der Waals surface area (Å²) in [5.74, 6) is -1.03. The zero-order valence-electron chi connectivity index (χ0n) is 19.6. The van der Waals surface area contributed by atoms with Crippen LogP contribution in [0.5, 0.6) is 0 Å². The largest absolute Gasteiger partial charge is 0.326 e. The molecule has 1 unspecified atom stereocenters. The molecule has 2 aromatic carbocycles. The summed E-state index contributed by atoms with van der Waals surface area (Å²) in [6.07, 6.45) is 0.506. The molecule has 0 spiro atoms. The van der Waals surface area contributed by atoms with Crippen molar-refractivity contribution in [2.24, 2.45) is 0 Å². The van der Waals surface area contributed by atoms with Crippen LogP contribution in [0, 0.1) is 6.92 Å². The summed E-state index contributed by atoms with van der Waals surface area (Å²) >= 11 is 1.55. The molecule has 0 radical (unpaired) electrons. The Labute approximate surface area is 205 Å². The van der Waals surface area contributed by atoms with Crippen LogP contribution < -0.4 is 16.0 Å². The molecule has 10 heteroatoms. The Morgan fingerprint density at radius 2 is 1.97 bits per heavy atom. The highest BCUT2D eigenvalue weighted by molar-refractivity contribution is 7.18. The zero-order chi connectivity index (χ0) is 24.9. The van der Waals surface area contributed by atoms with E-state index in [1.54, 1.807) is 29.5 Å². The number of fused-ring (bicyclic) bond motifs is 2. The third-order valence-electron chi connectivity index (χ3n) is 6.29. The van der Waals surface area contributed by atoms with Gasteiger partial charge in [0.1, 0.15) is 11.0 Å². The van der Waals surface area contributed by atoms with Gasteiger partial charge in [0.15, 0.2) is 0 Å². The number of amides is 5. The van der Waals surface area contributed by atoms with Gasteiger partial charge >= 0.3 is 6.03 Å². The van der Waals surface area contributed by atoms with E-state index >= 15 is 0 Å². The highest BCUT2D eigenvalue weighted by atomic mass is 32.1. The maximum Gasteiger partial charge on any atom is 0.319 e. The van der Waals surface area contributed by atoms with Crippen LogP contribution in [0.1, 0.15) is 53.2 Å². The summed E-state index contributed by atoms with van der Waals surface area (Å²) in [6.45, 7) is 6.07. The van der Waals surface area contributed by atoms with Crippen LogP contribution in [-0.2, 0) is 21.7 Å². The molecular weight excluding hydrogens is 466 g/mol. The summed E-state index contributed by atoms with van der Waals surface area (Å²) in [7, 11) is 0. The van der Waals surface area contributed by atoms with Crippen molar-refractivity contribution in [1.29, 1.82) is 0 Å². The third kappa shape index (κ3) is 4.37. The molecule has 1 fully saturated rings.